The number of fused-ring (bicyclic) bond motifs is 1. The molecule has 0 radical (unpaired) electrons. The molecular weight excluding hydrogens is 191 g/mol. The average molecular weight is 202 g/mol. The first-order valence-electron chi connectivity index (χ1n) is 4.70. The van der Waals surface area contributed by atoms with Gasteiger partial charge in [-0.15, -0.1) is 0 Å². The Hall–Kier alpha value is -1.52. The van der Waals surface area contributed by atoms with E-state index in [-0.39, 0.29) is 0 Å². The Bertz CT molecular complexity index is 500. The number of rotatable bonds is 2. The second kappa shape index (κ2) is 3.92. The molecule has 0 saturated heterocycles. The quantitative estimate of drug-likeness (QED) is 0.729. The summed E-state index contributed by atoms with van der Waals surface area (Å²) < 4.78 is 5.46. The molecule has 0 aliphatic rings. The van der Waals surface area contributed by atoms with Gasteiger partial charge in [0.2, 0.25) is 0 Å². The number of aryl methyl sites for hydroxylation is 1. The fourth-order valence-electron chi connectivity index (χ4n) is 1.45. The first kappa shape index (κ1) is 10.0. The molecule has 0 unspecified atom stereocenters. The molecule has 0 atom stereocenters. The van der Waals surface area contributed by atoms with Crippen LogP contribution < -0.4 is 0 Å². The van der Waals surface area contributed by atoms with Crippen LogP contribution in [-0.2, 0) is 0 Å². The van der Waals surface area contributed by atoms with Crippen LogP contribution in [0.5, 0.6) is 0 Å². The molecule has 0 fully saturated rings. The second-order valence-electron chi connectivity index (χ2n) is 3.46. The Labute approximate surface area is 87.8 Å². The van der Waals surface area contributed by atoms with Crippen LogP contribution >= 0.6 is 0 Å². The highest BCUT2D eigenvalue weighted by Gasteiger charge is 2.03. The van der Waals surface area contributed by atoms with Crippen molar-refractivity contribution in [3.8, 4) is 0 Å². The summed E-state index contributed by atoms with van der Waals surface area (Å²) in [6, 6.07) is 7.75. The summed E-state index contributed by atoms with van der Waals surface area (Å²) in [5, 5.41) is 18.3. The van der Waals surface area contributed by atoms with E-state index in [1.807, 2.05) is 31.2 Å². The van der Waals surface area contributed by atoms with Crippen LogP contribution in [-0.4, -0.2) is 17.2 Å². The van der Waals surface area contributed by atoms with E-state index >= 15 is 0 Å². The summed E-state index contributed by atoms with van der Waals surface area (Å²) >= 11 is 0. The largest absolute Gasteiger partial charge is 0.480 e. The molecule has 2 N–H and O–H groups in total. The lowest BCUT2D eigenvalue weighted by atomic mass is 9.91. The number of benzene rings is 1. The minimum atomic E-state index is -1.44. The maximum absolute atomic E-state index is 8.66. The predicted octanol–water partition coefficient (Wildman–Crippen LogP) is 1.77. The fourth-order valence-corrected chi connectivity index (χ4v) is 1.45. The third-order valence-corrected chi connectivity index (χ3v) is 2.12. The van der Waals surface area contributed by atoms with Crippen LogP contribution in [0.4, 0.5) is 0 Å². The molecule has 15 heavy (non-hydrogen) atoms. The van der Waals surface area contributed by atoms with Crippen LogP contribution in [0.3, 0.4) is 0 Å². The third-order valence-electron chi connectivity index (χ3n) is 2.12. The van der Waals surface area contributed by atoms with Gasteiger partial charge in [-0.3, -0.25) is 0 Å². The van der Waals surface area contributed by atoms with Crippen molar-refractivity contribution in [2.45, 2.75) is 6.92 Å². The molecule has 1 aromatic carbocycles. The molecule has 4 heteroatoms. The maximum Gasteiger partial charge on any atom is 0.480 e. The highest BCUT2D eigenvalue weighted by atomic mass is 16.4. The van der Waals surface area contributed by atoms with Gasteiger partial charge < -0.3 is 14.5 Å². The summed E-state index contributed by atoms with van der Waals surface area (Å²) in [6.07, 6.45) is 1.54. The number of hydrogen-bond acceptors (Lipinski definition) is 3. The zero-order valence-electron chi connectivity index (χ0n) is 8.34. The van der Waals surface area contributed by atoms with Gasteiger partial charge in [0.05, 0.1) is 0 Å². The van der Waals surface area contributed by atoms with Gasteiger partial charge in [-0.25, -0.2) is 0 Å². The zero-order chi connectivity index (χ0) is 10.8. The van der Waals surface area contributed by atoms with Crippen LogP contribution in [0.15, 0.2) is 34.7 Å². The molecule has 0 bridgehead atoms. The van der Waals surface area contributed by atoms with Gasteiger partial charge in [-0.2, -0.15) is 0 Å². The molecule has 0 aliphatic carbocycles. The van der Waals surface area contributed by atoms with Gasteiger partial charge in [0.25, 0.3) is 0 Å². The van der Waals surface area contributed by atoms with Gasteiger partial charge in [-0.1, -0.05) is 17.6 Å². The van der Waals surface area contributed by atoms with E-state index in [1.54, 1.807) is 6.08 Å². The Morgan fingerprint density at radius 1 is 1.27 bits per heavy atom. The van der Waals surface area contributed by atoms with Gasteiger partial charge >= 0.3 is 7.12 Å². The minimum absolute atomic E-state index is 0.615. The van der Waals surface area contributed by atoms with E-state index in [9.17, 15) is 0 Å². The van der Waals surface area contributed by atoms with E-state index < -0.39 is 7.12 Å². The van der Waals surface area contributed by atoms with E-state index in [0.717, 1.165) is 11.0 Å². The van der Waals surface area contributed by atoms with Crippen molar-refractivity contribution in [1.82, 2.24) is 0 Å². The Morgan fingerprint density at radius 2 is 2.07 bits per heavy atom. The fraction of sp³-hybridized carbons (Fsp3) is 0.0909. The lowest BCUT2D eigenvalue weighted by Crippen LogP contribution is -2.05. The normalized spacial score (nSPS) is 11.4. The molecule has 3 nitrogen and oxygen atoms in total. The maximum atomic E-state index is 8.66. The van der Waals surface area contributed by atoms with Crippen LogP contribution in [0.1, 0.15) is 11.3 Å². The smallest absolute Gasteiger partial charge is 0.457 e. The molecule has 0 aliphatic heterocycles. The minimum Gasteiger partial charge on any atom is -0.457 e. The number of furan rings is 1. The van der Waals surface area contributed by atoms with Gasteiger partial charge in [0.1, 0.15) is 11.3 Å². The first-order chi connectivity index (χ1) is 7.15. The number of hydrogen-bond donors (Lipinski definition) is 2. The van der Waals surface area contributed by atoms with Gasteiger partial charge in [0.15, 0.2) is 0 Å². The van der Waals surface area contributed by atoms with Crippen molar-refractivity contribution in [2.24, 2.45) is 0 Å². The molecule has 0 spiro atoms. The van der Waals surface area contributed by atoms with Gasteiger partial charge in [-0.05, 0) is 31.2 Å². The third kappa shape index (κ3) is 2.29. The Balaban J connectivity index is 2.39. The Morgan fingerprint density at radius 3 is 2.80 bits per heavy atom. The molecule has 1 heterocycles. The summed E-state index contributed by atoms with van der Waals surface area (Å²) in [5.74, 6) is 1.87. The van der Waals surface area contributed by atoms with Crippen molar-refractivity contribution >= 4 is 24.2 Å². The van der Waals surface area contributed by atoms with Crippen LogP contribution in [0, 0.1) is 6.92 Å². The first-order valence-corrected chi connectivity index (χ1v) is 4.70. The van der Waals surface area contributed by atoms with Crippen molar-refractivity contribution in [3.05, 3.63) is 41.6 Å². The second-order valence-corrected chi connectivity index (χ2v) is 3.46. The topological polar surface area (TPSA) is 53.6 Å². The van der Waals surface area contributed by atoms with Crippen molar-refractivity contribution in [2.75, 3.05) is 0 Å². The van der Waals surface area contributed by atoms with E-state index in [2.05, 4.69) is 0 Å². The highest BCUT2D eigenvalue weighted by molar-refractivity contribution is 6.48. The highest BCUT2D eigenvalue weighted by Crippen LogP contribution is 2.21. The van der Waals surface area contributed by atoms with Gasteiger partial charge in [0, 0.05) is 5.39 Å². The van der Waals surface area contributed by atoms with Crippen molar-refractivity contribution in [1.29, 1.82) is 0 Å². The zero-order valence-corrected chi connectivity index (χ0v) is 8.34. The summed E-state index contributed by atoms with van der Waals surface area (Å²) in [5.41, 5.74) is 1.97. The average Bonchev–Trinajstić information content (AvgIpc) is 2.56. The lowest BCUT2D eigenvalue weighted by Gasteiger charge is -1.89. The van der Waals surface area contributed by atoms with Crippen molar-refractivity contribution in [3.63, 3.8) is 0 Å². The predicted molar refractivity (Wildman–Crippen MR) is 60.2 cm³/mol. The Kier molecular flexibility index (Phi) is 2.62. The lowest BCUT2D eigenvalue weighted by molar-refractivity contribution is 0.424. The van der Waals surface area contributed by atoms with E-state index in [0.29, 0.717) is 5.76 Å². The standard InChI is InChI=1S/C11H11BO3/c1-8-2-3-11-9(6-8)7-10(15-11)4-5-12(13)14/h2-7,13-14H,1H3/b5-4+. The SMILES string of the molecule is Cc1ccc2oc(/C=C/B(O)O)cc2c1. The summed E-state index contributed by atoms with van der Waals surface area (Å²) in [4.78, 5) is 0. The molecule has 76 valence electrons. The molecule has 0 saturated carbocycles. The molecule has 1 aromatic heterocycles. The summed E-state index contributed by atoms with van der Waals surface area (Å²) in [7, 11) is -1.44. The van der Waals surface area contributed by atoms with E-state index in [4.69, 9.17) is 14.5 Å². The van der Waals surface area contributed by atoms with E-state index in [1.165, 1.54) is 11.5 Å². The molecular formula is C11H11BO3. The monoisotopic (exact) mass is 202 g/mol. The molecule has 2 aromatic rings. The van der Waals surface area contributed by atoms with Crippen LogP contribution in [0.2, 0.25) is 0 Å². The molecule has 0 amide bonds. The van der Waals surface area contributed by atoms with Crippen molar-refractivity contribution < 1.29 is 14.5 Å². The summed E-state index contributed by atoms with van der Waals surface area (Å²) in [6.45, 7) is 2.01. The van der Waals surface area contributed by atoms with Crippen LogP contribution in [0.25, 0.3) is 17.0 Å². The molecule has 2 rings (SSSR count).